The molecule has 0 aliphatic rings. The van der Waals surface area contributed by atoms with Crippen LogP contribution in [0.4, 0.5) is 8.78 Å². The molecule has 29 heavy (non-hydrogen) atoms. The van der Waals surface area contributed by atoms with E-state index in [-0.39, 0.29) is 16.9 Å². The monoisotopic (exact) mass is 420 g/mol. The molecule has 0 N–H and O–H groups in total. The predicted molar refractivity (Wildman–Crippen MR) is 99.4 cm³/mol. The van der Waals surface area contributed by atoms with Crippen LogP contribution in [-0.4, -0.2) is 36.6 Å². The summed E-state index contributed by atoms with van der Waals surface area (Å²) in [5.74, 6) is -3.96. The Balaban J connectivity index is 2.17. The van der Waals surface area contributed by atoms with Crippen LogP contribution in [0.15, 0.2) is 41.4 Å². The van der Waals surface area contributed by atoms with Crippen molar-refractivity contribution in [2.24, 2.45) is 4.99 Å². The van der Waals surface area contributed by atoms with Gasteiger partial charge in [-0.05, 0) is 30.3 Å². The molecule has 0 unspecified atom stereocenters. The summed E-state index contributed by atoms with van der Waals surface area (Å²) in [5.41, 5.74) is 0.372. The van der Waals surface area contributed by atoms with E-state index in [2.05, 4.69) is 14.5 Å². The number of esters is 2. The molecular formula is C19H14F2N2O5S. The predicted octanol–water partition coefficient (Wildman–Crippen LogP) is 2.68. The molecule has 0 aliphatic heterocycles. The molecule has 0 fully saturated rings. The molecule has 7 nitrogen and oxygen atoms in total. The van der Waals surface area contributed by atoms with Crippen molar-refractivity contribution in [2.45, 2.75) is 6.54 Å². The van der Waals surface area contributed by atoms with Gasteiger partial charge < -0.3 is 14.0 Å². The number of fused-ring (bicyclic) bond motifs is 1. The Labute approximate surface area is 166 Å². The van der Waals surface area contributed by atoms with Gasteiger partial charge in [-0.3, -0.25) is 9.59 Å². The second-order valence-electron chi connectivity index (χ2n) is 5.76. The van der Waals surface area contributed by atoms with Crippen LogP contribution in [0.2, 0.25) is 0 Å². The fraction of sp³-hybridized carbons (Fsp3) is 0.158. The molecule has 0 spiro atoms. The third-order valence-electron chi connectivity index (χ3n) is 3.98. The van der Waals surface area contributed by atoms with Crippen molar-refractivity contribution < 1.29 is 32.6 Å². The van der Waals surface area contributed by atoms with E-state index in [4.69, 9.17) is 0 Å². The number of hydrogen-bond acceptors (Lipinski definition) is 6. The van der Waals surface area contributed by atoms with E-state index >= 15 is 0 Å². The first kappa shape index (κ1) is 20.3. The first-order valence-electron chi connectivity index (χ1n) is 8.16. The zero-order chi connectivity index (χ0) is 21.1. The van der Waals surface area contributed by atoms with Gasteiger partial charge in [-0.1, -0.05) is 11.3 Å². The number of halogens is 2. The first-order valence-corrected chi connectivity index (χ1v) is 8.98. The number of rotatable bonds is 4. The van der Waals surface area contributed by atoms with Crippen LogP contribution in [0.3, 0.4) is 0 Å². The quantitative estimate of drug-likeness (QED) is 0.606. The summed E-state index contributed by atoms with van der Waals surface area (Å²) in [7, 11) is 2.46. The topological polar surface area (TPSA) is 87.0 Å². The Kier molecular flexibility index (Phi) is 5.83. The molecular weight excluding hydrogens is 406 g/mol. The molecule has 2 aromatic carbocycles. The smallest absolute Gasteiger partial charge is 0.337 e. The second-order valence-corrected chi connectivity index (χ2v) is 6.77. The van der Waals surface area contributed by atoms with Crippen LogP contribution in [0.1, 0.15) is 20.7 Å². The van der Waals surface area contributed by atoms with E-state index in [0.29, 0.717) is 16.3 Å². The Hall–Kier alpha value is -3.40. The van der Waals surface area contributed by atoms with E-state index in [1.165, 1.54) is 30.9 Å². The van der Waals surface area contributed by atoms with Crippen LogP contribution in [0.5, 0.6) is 0 Å². The highest BCUT2D eigenvalue weighted by atomic mass is 32.1. The minimum atomic E-state index is -1.05. The van der Waals surface area contributed by atoms with Gasteiger partial charge in [-0.2, -0.15) is 4.99 Å². The van der Waals surface area contributed by atoms with Gasteiger partial charge in [0, 0.05) is 6.07 Å². The maximum absolute atomic E-state index is 13.9. The van der Waals surface area contributed by atoms with Crippen LogP contribution >= 0.6 is 11.3 Å². The molecule has 0 saturated heterocycles. The van der Waals surface area contributed by atoms with Gasteiger partial charge in [-0.25, -0.2) is 13.6 Å². The number of thiazole rings is 1. The van der Waals surface area contributed by atoms with E-state index in [0.717, 1.165) is 23.5 Å². The highest BCUT2D eigenvalue weighted by Crippen LogP contribution is 2.20. The van der Waals surface area contributed by atoms with E-state index < -0.39 is 35.0 Å². The van der Waals surface area contributed by atoms with Gasteiger partial charge in [0.15, 0.2) is 4.80 Å². The van der Waals surface area contributed by atoms with Crippen LogP contribution in [0.25, 0.3) is 10.2 Å². The standard InChI is InChI=1S/C19H14F2N2O5S/c1-27-16(24)9-23-14-6-3-10(18(26)28-2)7-15(14)29-19(23)22-17(25)12-5-4-11(20)8-13(12)21/h3-8H,9H2,1-2H3. The number of nitrogens with zero attached hydrogens (tertiary/aromatic N) is 2. The van der Waals surface area contributed by atoms with Gasteiger partial charge in [-0.15, -0.1) is 0 Å². The lowest BCUT2D eigenvalue weighted by molar-refractivity contribution is -0.141. The number of carbonyl (C=O) groups excluding carboxylic acids is 3. The Morgan fingerprint density at radius 2 is 1.83 bits per heavy atom. The molecule has 0 atom stereocenters. The lowest BCUT2D eigenvalue weighted by atomic mass is 10.2. The SMILES string of the molecule is COC(=O)Cn1c(=NC(=O)c2ccc(F)cc2F)sc2cc(C(=O)OC)ccc21. The normalized spacial score (nSPS) is 11.5. The molecule has 3 rings (SSSR count). The first-order chi connectivity index (χ1) is 13.8. The average molecular weight is 420 g/mol. The molecule has 0 aliphatic carbocycles. The molecule has 1 heterocycles. The number of ether oxygens (including phenoxy) is 2. The van der Waals surface area contributed by atoms with Crippen LogP contribution in [0, 0.1) is 11.6 Å². The van der Waals surface area contributed by atoms with Gasteiger partial charge >= 0.3 is 11.9 Å². The summed E-state index contributed by atoms with van der Waals surface area (Å²) >= 11 is 1.01. The van der Waals surface area contributed by atoms with Crippen molar-refractivity contribution in [1.82, 2.24) is 4.57 Å². The van der Waals surface area contributed by atoms with Crippen LogP contribution in [-0.2, 0) is 20.8 Å². The van der Waals surface area contributed by atoms with E-state index in [1.54, 1.807) is 6.07 Å². The number of aromatic nitrogens is 1. The van der Waals surface area contributed by atoms with Crippen molar-refractivity contribution in [3.05, 3.63) is 64.0 Å². The van der Waals surface area contributed by atoms with E-state index in [9.17, 15) is 23.2 Å². The van der Waals surface area contributed by atoms with Crippen molar-refractivity contribution in [1.29, 1.82) is 0 Å². The molecule has 10 heteroatoms. The largest absolute Gasteiger partial charge is 0.468 e. The summed E-state index contributed by atoms with van der Waals surface area (Å²) in [6.45, 7) is -0.258. The molecule has 150 valence electrons. The van der Waals surface area contributed by atoms with Crippen molar-refractivity contribution in [3.8, 4) is 0 Å². The number of benzene rings is 2. The maximum atomic E-state index is 13.9. The minimum absolute atomic E-state index is 0.0844. The maximum Gasteiger partial charge on any atom is 0.337 e. The Morgan fingerprint density at radius 3 is 2.48 bits per heavy atom. The van der Waals surface area contributed by atoms with Crippen molar-refractivity contribution in [3.63, 3.8) is 0 Å². The summed E-state index contributed by atoms with van der Waals surface area (Å²) < 4.78 is 38.3. The van der Waals surface area contributed by atoms with Gasteiger partial charge in [0.25, 0.3) is 5.91 Å². The zero-order valence-electron chi connectivity index (χ0n) is 15.3. The summed E-state index contributed by atoms with van der Waals surface area (Å²) in [6.07, 6.45) is 0. The zero-order valence-corrected chi connectivity index (χ0v) is 16.1. The van der Waals surface area contributed by atoms with Crippen molar-refractivity contribution >= 4 is 39.4 Å². The van der Waals surface area contributed by atoms with E-state index in [1.807, 2.05) is 0 Å². The summed E-state index contributed by atoms with van der Waals surface area (Å²) in [5, 5.41) is 0. The number of carbonyl (C=O) groups is 3. The fourth-order valence-electron chi connectivity index (χ4n) is 2.56. The average Bonchev–Trinajstić information content (AvgIpc) is 3.03. The van der Waals surface area contributed by atoms with Crippen molar-refractivity contribution in [2.75, 3.05) is 14.2 Å². The Bertz CT molecular complexity index is 1200. The highest BCUT2D eigenvalue weighted by molar-refractivity contribution is 7.16. The summed E-state index contributed by atoms with van der Waals surface area (Å²) in [6, 6.07) is 7.12. The number of amides is 1. The fourth-order valence-corrected chi connectivity index (χ4v) is 3.63. The number of methoxy groups -OCH3 is 2. The van der Waals surface area contributed by atoms with Gasteiger partial charge in [0.05, 0.1) is 35.6 Å². The molecule has 0 radical (unpaired) electrons. The Morgan fingerprint density at radius 1 is 1.07 bits per heavy atom. The summed E-state index contributed by atoms with van der Waals surface area (Å²) in [4.78, 5) is 40.0. The second kappa shape index (κ2) is 8.31. The third-order valence-corrected chi connectivity index (χ3v) is 5.02. The van der Waals surface area contributed by atoms with Crippen LogP contribution < -0.4 is 4.80 Å². The minimum Gasteiger partial charge on any atom is -0.468 e. The molecule has 1 aromatic heterocycles. The number of hydrogen-bond donors (Lipinski definition) is 0. The lowest BCUT2D eigenvalue weighted by Gasteiger charge is -2.04. The molecule has 0 saturated carbocycles. The molecule has 3 aromatic rings. The molecule has 0 bridgehead atoms. The van der Waals surface area contributed by atoms with Gasteiger partial charge in [0.2, 0.25) is 0 Å². The van der Waals surface area contributed by atoms with Gasteiger partial charge in [0.1, 0.15) is 18.2 Å². The third kappa shape index (κ3) is 4.21. The lowest BCUT2D eigenvalue weighted by Crippen LogP contribution is -2.22. The molecule has 1 amide bonds. The highest BCUT2D eigenvalue weighted by Gasteiger charge is 2.16.